The van der Waals surface area contributed by atoms with Crippen molar-refractivity contribution in [3.63, 3.8) is 0 Å². The predicted octanol–water partition coefficient (Wildman–Crippen LogP) is 4.98. The number of hydrogen-bond donors (Lipinski definition) is 1. The number of carbonyl (C=O) groups excluding carboxylic acids is 1. The van der Waals surface area contributed by atoms with Crippen LogP contribution in [0.25, 0.3) is 5.76 Å². The zero-order chi connectivity index (χ0) is 17.6. The molecule has 4 heteroatoms. The molecule has 1 aliphatic carbocycles. The summed E-state index contributed by atoms with van der Waals surface area (Å²) in [6.45, 7) is 4.12. The number of aliphatic imine (C=N–C) groups is 1. The molecule has 1 heterocycles. The van der Waals surface area contributed by atoms with Gasteiger partial charge in [0.15, 0.2) is 0 Å². The summed E-state index contributed by atoms with van der Waals surface area (Å²) in [6, 6.07) is 15.3. The number of nitrogens with zero attached hydrogens (tertiary/aromatic N) is 1. The fraction of sp³-hybridized carbons (Fsp3) is 0.238. The number of carbonyl (C=O) groups is 1. The highest BCUT2D eigenvalue weighted by molar-refractivity contribution is 7.80. The molecule has 2 aliphatic rings. The Morgan fingerprint density at radius 3 is 2.44 bits per heavy atom. The quantitative estimate of drug-likeness (QED) is 0.738. The lowest BCUT2D eigenvalue weighted by Gasteiger charge is -2.36. The van der Waals surface area contributed by atoms with E-state index >= 15 is 0 Å². The Kier molecular flexibility index (Phi) is 3.80. The van der Waals surface area contributed by atoms with Gasteiger partial charge in [-0.3, -0.25) is 4.79 Å². The van der Waals surface area contributed by atoms with Crippen LogP contribution in [0.3, 0.4) is 0 Å². The van der Waals surface area contributed by atoms with E-state index in [-0.39, 0.29) is 11.4 Å². The normalized spacial score (nSPS) is 20.1. The molecule has 2 aromatic carbocycles. The van der Waals surface area contributed by atoms with Gasteiger partial charge in [0.25, 0.3) is 0 Å². The highest BCUT2D eigenvalue weighted by Gasteiger charge is 2.38. The van der Waals surface area contributed by atoms with Crippen molar-refractivity contribution >= 4 is 35.6 Å². The summed E-state index contributed by atoms with van der Waals surface area (Å²) in [7, 11) is 0. The molecule has 0 spiro atoms. The van der Waals surface area contributed by atoms with Crippen molar-refractivity contribution in [3.05, 3.63) is 65.2 Å². The van der Waals surface area contributed by atoms with Crippen LogP contribution in [-0.2, 0) is 9.53 Å². The second kappa shape index (κ2) is 5.88. The molecule has 0 N–H and O–H groups in total. The molecule has 0 fully saturated rings. The van der Waals surface area contributed by atoms with Crippen molar-refractivity contribution in [3.8, 4) is 0 Å². The van der Waals surface area contributed by atoms with Crippen molar-refractivity contribution in [2.75, 3.05) is 0 Å². The van der Waals surface area contributed by atoms with E-state index in [0.717, 1.165) is 39.5 Å². The van der Waals surface area contributed by atoms with Crippen LogP contribution in [0.5, 0.6) is 0 Å². The molecule has 0 saturated heterocycles. The molecule has 0 saturated carbocycles. The second-order valence-corrected chi connectivity index (χ2v) is 7.54. The van der Waals surface area contributed by atoms with Crippen molar-refractivity contribution in [2.45, 2.75) is 37.2 Å². The fourth-order valence-corrected chi connectivity index (χ4v) is 3.43. The summed E-state index contributed by atoms with van der Waals surface area (Å²) < 4.78 is 6.18. The van der Waals surface area contributed by atoms with Crippen molar-refractivity contribution in [1.29, 1.82) is 0 Å². The van der Waals surface area contributed by atoms with Gasteiger partial charge in [-0.2, -0.15) is 0 Å². The number of benzene rings is 2. The number of Topliss-reactive ketones (excluding diaryl/α,β-unsaturated/α-hetero) is 1. The highest BCUT2D eigenvalue weighted by Crippen LogP contribution is 2.41. The molecule has 25 heavy (non-hydrogen) atoms. The van der Waals surface area contributed by atoms with Gasteiger partial charge in [0, 0.05) is 21.6 Å². The predicted molar refractivity (Wildman–Crippen MR) is 103 cm³/mol. The van der Waals surface area contributed by atoms with Crippen molar-refractivity contribution < 1.29 is 9.53 Å². The van der Waals surface area contributed by atoms with E-state index in [1.54, 1.807) is 0 Å². The van der Waals surface area contributed by atoms with Crippen LogP contribution >= 0.6 is 12.6 Å². The largest absolute Gasteiger partial charge is 0.487 e. The number of allylic oxidation sites excluding steroid dienone is 1. The zero-order valence-corrected chi connectivity index (χ0v) is 15.1. The number of rotatable bonds is 1. The molecule has 3 nitrogen and oxygen atoms in total. The molecular weight excluding hydrogens is 330 g/mol. The molecular formula is C21H19NO2S. The molecule has 1 aliphatic heterocycles. The van der Waals surface area contributed by atoms with Crippen LogP contribution < -0.4 is 0 Å². The number of thiol groups is 1. The minimum atomic E-state index is -0.261. The first-order chi connectivity index (χ1) is 11.9. The monoisotopic (exact) mass is 349 g/mol. The van der Waals surface area contributed by atoms with E-state index in [1.807, 2.05) is 48.5 Å². The fourth-order valence-electron chi connectivity index (χ4n) is 3.28. The van der Waals surface area contributed by atoms with E-state index in [4.69, 9.17) is 4.74 Å². The van der Waals surface area contributed by atoms with Gasteiger partial charge < -0.3 is 4.74 Å². The molecule has 2 aromatic rings. The van der Waals surface area contributed by atoms with Crippen LogP contribution in [0.2, 0.25) is 0 Å². The van der Waals surface area contributed by atoms with Gasteiger partial charge in [0.2, 0.25) is 5.78 Å². The summed E-state index contributed by atoms with van der Waals surface area (Å²) in [5.41, 5.74) is 3.50. The number of ether oxygens (including phenoxy) is 1. The first-order valence-electron chi connectivity index (χ1n) is 8.39. The molecule has 0 amide bonds. The van der Waals surface area contributed by atoms with E-state index in [9.17, 15) is 4.79 Å². The first kappa shape index (κ1) is 16.2. The Bertz CT molecular complexity index is 923. The van der Waals surface area contributed by atoms with Crippen molar-refractivity contribution in [2.24, 2.45) is 4.99 Å². The van der Waals surface area contributed by atoms with Crippen LogP contribution in [0.15, 0.2) is 64.0 Å². The maximum Gasteiger partial charge on any atom is 0.211 e. The lowest BCUT2D eigenvalue weighted by molar-refractivity contribution is -0.110. The van der Waals surface area contributed by atoms with Gasteiger partial charge in [-0.1, -0.05) is 24.3 Å². The highest BCUT2D eigenvalue weighted by atomic mass is 32.1. The first-order valence-corrected chi connectivity index (χ1v) is 8.84. The number of ketones is 1. The smallest absolute Gasteiger partial charge is 0.211 e. The van der Waals surface area contributed by atoms with E-state index < -0.39 is 0 Å². The maximum atomic E-state index is 13.1. The minimum absolute atomic E-state index is 0.0286. The number of fused-ring (bicyclic) bond motifs is 2. The summed E-state index contributed by atoms with van der Waals surface area (Å²) in [6.07, 6.45) is 1.53. The van der Waals surface area contributed by atoms with Gasteiger partial charge >= 0.3 is 0 Å². The molecule has 126 valence electrons. The Morgan fingerprint density at radius 1 is 1.04 bits per heavy atom. The summed E-state index contributed by atoms with van der Waals surface area (Å²) >= 11 is 4.30. The van der Waals surface area contributed by atoms with E-state index in [0.29, 0.717) is 12.1 Å². The lowest BCUT2D eigenvalue weighted by atomic mass is 9.82. The summed E-state index contributed by atoms with van der Waals surface area (Å²) in [5.74, 6) is 0.695. The molecule has 0 aromatic heterocycles. The van der Waals surface area contributed by atoms with Crippen LogP contribution in [0.1, 0.15) is 37.8 Å². The van der Waals surface area contributed by atoms with Crippen LogP contribution in [-0.4, -0.2) is 17.1 Å². The Morgan fingerprint density at radius 2 is 1.72 bits per heavy atom. The minimum Gasteiger partial charge on any atom is -0.487 e. The Hall–Kier alpha value is -2.33. The van der Waals surface area contributed by atoms with Crippen LogP contribution in [0.4, 0.5) is 5.69 Å². The third-order valence-electron chi connectivity index (χ3n) is 4.64. The van der Waals surface area contributed by atoms with Gasteiger partial charge in [-0.05, 0) is 51.0 Å². The maximum absolute atomic E-state index is 13.1. The zero-order valence-electron chi connectivity index (χ0n) is 14.2. The lowest BCUT2D eigenvalue weighted by Crippen LogP contribution is -2.34. The van der Waals surface area contributed by atoms with Gasteiger partial charge in [0.05, 0.1) is 5.69 Å². The number of hydrogen-bond acceptors (Lipinski definition) is 4. The average molecular weight is 349 g/mol. The Labute approximate surface area is 152 Å². The van der Waals surface area contributed by atoms with Gasteiger partial charge in [-0.15, -0.1) is 12.6 Å². The molecule has 0 bridgehead atoms. The SMILES string of the molecule is CC1(C)CCC2=C(O1)c1ccccc1C(=Nc1ccc(S)cc1)C2=O. The van der Waals surface area contributed by atoms with E-state index in [2.05, 4.69) is 31.5 Å². The topological polar surface area (TPSA) is 38.7 Å². The molecule has 0 radical (unpaired) electrons. The second-order valence-electron chi connectivity index (χ2n) is 7.02. The van der Waals surface area contributed by atoms with Gasteiger partial charge in [-0.25, -0.2) is 4.99 Å². The molecule has 0 atom stereocenters. The van der Waals surface area contributed by atoms with Gasteiger partial charge in [0.1, 0.15) is 17.1 Å². The van der Waals surface area contributed by atoms with Crippen molar-refractivity contribution in [1.82, 2.24) is 0 Å². The molecule has 0 unspecified atom stereocenters. The standard InChI is InChI=1S/C21H19NO2S/c1-21(2)12-11-17-19(23)18(22-13-7-9-14(25)10-8-13)15-5-3-4-6-16(15)20(17)24-21/h3-10,25H,11-12H2,1-2H3. The summed E-state index contributed by atoms with van der Waals surface area (Å²) in [4.78, 5) is 18.6. The third-order valence-corrected chi connectivity index (χ3v) is 4.93. The summed E-state index contributed by atoms with van der Waals surface area (Å²) in [5, 5.41) is 0. The third kappa shape index (κ3) is 2.91. The van der Waals surface area contributed by atoms with Crippen LogP contribution in [0, 0.1) is 0 Å². The Balaban J connectivity index is 1.88. The van der Waals surface area contributed by atoms with E-state index in [1.165, 1.54) is 0 Å². The average Bonchev–Trinajstić information content (AvgIpc) is 2.59. The molecule has 4 rings (SSSR count).